The van der Waals surface area contributed by atoms with Crippen molar-refractivity contribution in [3.8, 4) is 11.6 Å². The minimum Gasteiger partial charge on any atom is -0.444 e. The lowest BCUT2D eigenvalue weighted by Gasteiger charge is -2.32. The molecule has 4 rings (SSSR count). The highest BCUT2D eigenvalue weighted by molar-refractivity contribution is 5.89. The monoisotopic (exact) mass is 644 g/mol. The predicted octanol–water partition coefficient (Wildman–Crippen LogP) is 7.04. The molecule has 2 N–H and O–H groups in total. The number of pyridine rings is 1. The highest BCUT2D eigenvalue weighted by Crippen LogP contribution is 2.47. The van der Waals surface area contributed by atoms with E-state index >= 15 is 0 Å². The van der Waals surface area contributed by atoms with E-state index in [-0.39, 0.29) is 6.42 Å². The van der Waals surface area contributed by atoms with Crippen LogP contribution < -0.4 is 5.32 Å². The predicted molar refractivity (Wildman–Crippen MR) is 144 cm³/mol. The van der Waals surface area contributed by atoms with Crippen molar-refractivity contribution in [3.63, 3.8) is 0 Å². The summed E-state index contributed by atoms with van der Waals surface area (Å²) < 4.78 is 103. The molecule has 4 bridgehead atoms. The Labute approximate surface area is 253 Å². The van der Waals surface area contributed by atoms with Crippen LogP contribution in [0.15, 0.2) is 40.8 Å². The zero-order valence-corrected chi connectivity index (χ0v) is 24.4. The van der Waals surface area contributed by atoms with E-state index in [0.717, 1.165) is 0 Å². The first kappa shape index (κ1) is 33.8. The van der Waals surface area contributed by atoms with Gasteiger partial charge in [0.15, 0.2) is 5.69 Å². The van der Waals surface area contributed by atoms with Gasteiger partial charge in [-0.1, -0.05) is 30.3 Å². The Bertz CT molecular complexity index is 1520. The Morgan fingerprint density at radius 2 is 1.78 bits per heavy atom. The number of alkyl halides is 6. The first-order valence-electron chi connectivity index (χ1n) is 13.8. The van der Waals surface area contributed by atoms with Crippen LogP contribution in [0.4, 0.5) is 36.8 Å². The lowest BCUT2D eigenvalue weighted by atomic mass is 9.93. The van der Waals surface area contributed by atoms with E-state index in [1.165, 1.54) is 32.9 Å². The number of aliphatic hydroxyl groups is 1. The van der Waals surface area contributed by atoms with Crippen LogP contribution in [-0.2, 0) is 32.7 Å². The smallest absolute Gasteiger partial charge is 0.426 e. The van der Waals surface area contributed by atoms with Crippen molar-refractivity contribution in [3.05, 3.63) is 59.1 Å². The van der Waals surface area contributed by atoms with Crippen LogP contribution >= 0.6 is 0 Å². The molecule has 0 aliphatic carbocycles. The van der Waals surface area contributed by atoms with Crippen LogP contribution in [0.1, 0.15) is 81.7 Å². The second kappa shape index (κ2) is 12.7. The van der Waals surface area contributed by atoms with Gasteiger partial charge in [0.2, 0.25) is 5.60 Å². The van der Waals surface area contributed by atoms with Gasteiger partial charge >= 0.3 is 18.4 Å². The topological polar surface area (TPSA) is 137 Å². The molecule has 244 valence electrons. The quantitative estimate of drug-likeness (QED) is 0.287. The number of ketones is 1. The molecule has 3 heterocycles. The third kappa shape index (κ3) is 7.97. The Morgan fingerprint density at radius 1 is 1.09 bits per heavy atom. The van der Waals surface area contributed by atoms with Gasteiger partial charge in [-0.05, 0) is 51.7 Å². The van der Waals surface area contributed by atoms with Gasteiger partial charge in [-0.15, -0.1) is 10.2 Å². The van der Waals surface area contributed by atoms with Gasteiger partial charge in [0.05, 0.1) is 29.7 Å². The minimum atomic E-state index is -5.17. The maximum atomic E-state index is 14.9. The summed E-state index contributed by atoms with van der Waals surface area (Å²) in [4.78, 5) is 29.0. The molecule has 0 spiro atoms. The Kier molecular flexibility index (Phi) is 9.59. The molecule has 1 aliphatic rings. The summed E-state index contributed by atoms with van der Waals surface area (Å²) in [5, 5.41) is 20.0. The number of hydrogen-bond acceptors (Lipinski definition) is 9. The van der Waals surface area contributed by atoms with E-state index in [1.807, 2.05) is 0 Å². The van der Waals surface area contributed by atoms with Gasteiger partial charge in [-0.25, -0.2) is 9.78 Å². The number of carbonyl (C=O) groups excluding carboxylic acids is 2. The average molecular weight is 645 g/mol. The summed E-state index contributed by atoms with van der Waals surface area (Å²) in [7, 11) is 0. The number of nitrogens with one attached hydrogen (secondary N) is 1. The second-order valence-electron chi connectivity index (χ2n) is 11.4. The Morgan fingerprint density at radius 3 is 2.40 bits per heavy atom. The summed E-state index contributed by atoms with van der Waals surface area (Å²) in [5.41, 5.74) is -7.74. The fraction of sp³-hybridized carbons (Fsp3) is 0.483. The van der Waals surface area contributed by atoms with Crippen LogP contribution in [0.2, 0.25) is 0 Å². The lowest BCUT2D eigenvalue weighted by Crippen LogP contribution is -2.45. The first-order valence-corrected chi connectivity index (χ1v) is 13.8. The Balaban J connectivity index is 1.92. The number of carbonyl (C=O) groups is 2. The molecule has 0 fully saturated rings. The SMILES string of the molecule is CC(C)(C)OC(=O)Nc1cc(C(F)(F)F)c2nc1-c1nnc(o1)C(OCc1ccccc1)(C(F)(F)F)CCCC(=O)CCC2O. The van der Waals surface area contributed by atoms with Gasteiger partial charge in [0.25, 0.3) is 11.8 Å². The molecule has 16 heteroatoms. The van der Waals surface area contributed by atoms with E-state index in [0.29, 0.717) is 11.6 Å². The molecule has 0 saturated heterocycles. The number of anilines is 1. The molecule has 2 unspecified atom stereocenters. The molecule has 2 atom stereocenters. The fourth-order valence-electron chi connectivity index (χ4n) is 4.62. The number of rotatable bonds is 4. The van der Waals surface area contributed by atoms with Gasteiger partial charge in [0, 0.05) is 12.8 Å². The second-order valence-corrected chi connectivity index (χ2v) is 11.4. The standard InChI is InChI=1S/C29H30F6N4O6/c1-26(2,3)45-25(42)36-19-14-18(28(30,31)32)21-20(41)12-11-17(40)10-7-13-27(29(33,34)35,43-15-16-8-5-4-6-9-16)24-39-38-23(44-24)22(19)37-21/h4-6,8-9,14,20,41H,7,10-13,15H2,1-3H3,(H,36,42). The van der Waals surface area contributed by atoms with Crippen LogP contribution in [0, 0.1) is 0 Å². The van der Waals surface area contributed by atoms with Crippen LogP contribution in [0.3, 0.4) is 0 Å². The summed E-state index contributed by atoms with van der Waals surface area (Å²) >= 11 is 0. The largest absolute Gasteiger partial charge is 0.444 e. The number of hydrogen-bond donors (Lipinski definition) is 2. The highest BCUT2D eigenvalue weighted by Gasteiger charge is 2.61. The van der Waals surface area contributed by atoms with Gasteiger partial charge in [0.1, 0.15) is 11.4 Å². The fourth-order valence-corrected chi connectivity index (χ4v) is 4.62. The molecule has 3 aromatic rings. The number of aliphatic hydroxyl groups excluding tert-OH is 1. The van der Waals surface area contributed by atoms with E-state index in [1.54, 1.807) is 18.2 Å². The molecule has 10 nitrogen and oxygen atoms in total. The third-order valence-electron chi connectivity index (χ3n) is 6.75. The zero-order chi connectivity index (χ0) is 33.2. The number of fused-ring (bicyclic) bond motifs is 5. The number of Topliss-reactive ketones (excluding diaryl/α,β-unsaturated/α-hetero) is 1. The van der Waals surface area contributed by atoms with Gasteiger partial charge in [-0.3, -0.25) is 10.1 Å². The number of benzene rings is 1. The minimum absolute atomic E-state index is 0.371. The molecule has 2 aromatic heterocycles. The number of nitrogens with zero attached hydrogens (tertiary/aromatic N) is 3. The van der Waals surface area contributed by atoms with Crippen molar-refractivity contribution >= 4 is 17.6 Å². The third-order valence-corrected chi connectivity index (χ3v) is 6.75. The summed E-state index contributed by atoms with van der Waals surface area (Å²) in [6.07, 6.45) is -16.0. The van der Waals surface area contributed by atoms with Crippen molar-refractivity contribution in [2.24, 2.45) is 0 Å². The van der Waals surface area contributed by atoms with Crippen LogP contribution in [0.25, 0.3) is 11.6 Å². The number of halogens is 6. The molecular formula is C29H30F6N4O6. The summed E-state index contributed by atoms with van der Waals surface area (Å²) in [6.45, 7) is 3.93. The van der Waals surface area contributed by atoms with Gasteiger partial charge in [-0.2, -0.15) is 26.3 Å². The van der Waals surface area contributed by atoms with Crippen molar-refractivity contribution in [1.82, 2.24) is 15.2 Å². The summed E-state index contributed by atoms with van der Waals surface area (Å²) in [5.74, 6) is -2.51. The van der Waals surface area contributed by atoms with Gasteiger partial charge < -0.3 is 19.0 Å². The molecule has 0 radical (unpaired) electrons. The first-order chi connectivity index (χ1) is 20.9. The van der Waals surface area contributed by atoms with E-state index in [9.17, 15) is 41.0 Å². The molecule has 1 aliphatic heterocycles. The molecule has 1 amide bonds. The molecule has 45 heavy (non-hydrogen) atoms. The Hall–Kier alpha value is -4.05. The molecular weight excluding hydrogens is 614 g/mol. The zero-order valence-electron chi connectivity index (χ0n) is 24.4. The number of aromatic nitrogens is 3. The average Bonchev–Trinajstić information content (AvgIpc) is 3.41. The van der Waals surface area contributed by atoms with Crippen LogP contribution in [0.5, 0.6) is 0 Å². The van der Waals surface area contributed by atoms with Crippen LogP contribution in [-0.4, -0.2) is 43.9 Å². The van der Waals surface area contributed by atoms with E-state index in [4.69, 9.17) is 13.9 Å². The highest BCUT2D eigenvalue weighted by atomic mass is 19.4. The lowest BCUT2D eigenvalue weighted by molar-refractivity contribution is -0.300. The van der Waals surface area contributed by atoms with Crippen molar-refractivity contribution in [2.75, 3.05) is 5.32 Å². The number of amides is 1. The van der Waals surface area contributed by atoms with Crippen molar-refractivity contribution < 1.29 is 54.9 Å². The summed E-state index contributed by atoms with van der Waals surface area (Å²) in [6, 6.07) is 8.33. The van der Waals surface area contributed by atoms with Crippen molar-refractivity contribution in [2.45, 2.75) is 89.1 Å². The van der Waals surface area contributed by atoms with E-state index in [2.05, 4.69) is 20.5 Å². The molecule has 1 aromatic carbocycles. The van der Waals surface area contributed by atoms with Crippen molar-refractivity contribution in [1.29, 1.82) is 0 Å². The normalized spacial score (nSPS) is 20.0. The number of ether oxygens (including phenoxy) is 2. The maximum absolute atomic E-state index is 14.9. The van der Waals surface area contributed by atoms with E-state index < -0.39 is 108 Å². The maximum Gasteiger partial charge on any atom is 0.426 e. The molecule has 0 saturated carbocycles.